The molecule has 31 heavy (non-hydrogen) atoms. The van der Waals surface area contributed by atoms with Crippen LogP contribution in [0.4, 0.5) is 5.69 Å². The Morgan fingerprint density at radius 3 is 2.74 bits per heavy atom. The van der Waals surface area contributed by atoms with Crippen LogP contribution in [0, 0.1) is 0 Å². The standard InChI is InChI=1S/C22H20Cl2N4O2S/c1-3-4-11-31-22-25-20-19(26-27-22)16-7-5-6-8-18(16)28(13(2)29)21(30-20)15-10-9-14(23)12-17(15)24/h5-10,12,21H,3-4,11H2,1-2H3. The fourth-order valence-corrected chi connectivity index (χ4v) is 4.69. The number of anilines is 1. The summed E-state index contributed by atoms with van der Waals surface area (Å²) in [7, 11) is 0. The molecule has 0 bridgehead atoms. The summed E-state index contributed by atoms with van der Waals surface area (Å²) >= 11 is 14.1. The molecule has 6 nitrogen and oxygen atoms in total. The van der Waals surface area contributed by atoms with E-state index < -0.39 is 6.23 Å². The molecule has 2 heterocycles. The summed E-state index contributed by atoms with van der Waals surface area (Å²) in [4.78, 5) is 19.0. The molecule has 0 saturated carbocycles. The summed E-state index contributed by atoms with van der Waals surface area (Å²) < 4.78 is 6.32. The van der Waals surface area contributed by atoms with E-state index in [0.717, 1.165) is 18.6 Å². The first-order valence-corrected chi connectivity index (χ1v) is 11.6. The normalized spacial score (nSPS) is 15.0. The maximum atomic E-state index is 12.8. The number of unbranched alkanes of at least 4 members (excludes halogenated alkanes) is 1. The minimum absolute atomic E-state index is 0.207. The Balaban J connectivity index is 1.87. The summed E-state index contributed by atoms with van der Waals surface area (Å²) in [5.74, 6) is 0.988. The second kappa shape index (κ2) is 9.42. The number of thioether (sulfide) groups is 1. The Kier molecular flexibility index (Phi) is 6.65. The van der Waals surface area contributed by atoms with Crippen molar-refractivity contribution in [1.29, 1.82) is 0 Å². The van der Waals surface area contributed by atoms with Crippen LogP contribution in [-0.2, 0) is 4.79 Å². The molecule has 0 aliphatic carbocycles. The number of amides is 1. The third-order valence-corrected chi connectivity index (χ3v) is 6.29. The van der Waals surface area contributed by atoms with Gasteiger partial charge in [-0.15, -0.1) is 10.2 Å². The van der Waals surface area contributed by atoms with E-state index in [1.165, 1.54) is 18.7 Å². The summed E-state index contributed by atoms with van der Waals surface area (Å²) in [6.45, 7) is 3.62. The number of nitrogens with zero attached hydrogens (tertiary/aromatic N) is 4. The van der Waals surface area contributed by atoms with E-state index in [4.69, 9.17) is 27.9 Å². The molecule has 160 valence electrons. The van der Waals surface area contributed by atoms with E-state index in [1.807, 2.05) is 24.3 Å². The van der Waals surface area contributed by atoms with E-state index in [0.29, 0.717) is 43.6 Å². The van der Waals surface area contributed by atoms with Gasteiger partial charge in [-0.1, -0.05) is 72.6 Å². The van der Waals surface area contributed by atoms with E-state index >= 15 is 0 Å². The molecule has 2 aromatic carbocycles. The lowest BCUT2D eigenvalue weighted by atomic mass is 10.1. The quantitative estimate of drug-likeness (QED) is 0.324. The van der Waals surface area contributed by atoms with Gasteiger partial charge in [0.25, 0.3) is 0 Å². The number of rotatable bonds is 5. The fraction of sp³-hybridized carbons (Fsp3) is 0.273. The smallest absolute Gasteiger partial charge is 0.247 e. The zero-order valence-electron chi connectivity index (χ0n) is 17.0. The second-order valence-electron chi connectivity index (χ2n) is 6.99. The van der Waals surface area contributed by atoms with Crippen molar-refractivity contribution in [3.8, 4) is 17.1 Å². The van der Waals surface area contributed by atoms with Gasteiger partial charge in [-0.3, -0.25) is 9.69 Å². The lowest BCUT2D eigenvalue weighted by molar-refractivity contribution is -0.118. The van der Waals surface area contributed by atoms with Crippen molar-refractivity contribution in [1.82, 2.24) is 15.2 Å². The number of carbonyl (C=O) groups excluding carboxylic acids is 1. The van der Waals surface area contributed by atoms with E-state index in [2.05, 4.69) is 22.1 Å². The van der Waals surface area contributed by atoms with Crippen molar-refractivity contribution >= 4 is 46.6 Å². The van der Waals surface area contributed by atoms with Crippen molar-refractivity contribution in [3.63, 3.8) is 0 Å². The van der Waals surface area contributed by atoms with Crippen LogP contribution in [-0.4, -0.2) is 26.8 Å². The number of fused-ring (bicyclic) bond motifs is 3. The van der Waals surface area contributed by atoms with E-state index in [-0.39, 0.29) is 5.91 Å². The van der Waals surface area contributed by atoms with Gasteiger partial charge >= 0.3 is 0 Å². The Labute approximate surface area is 194 Å². The van der Waals surface area contributed by atoms with Crippen molar-refractivity contribution in [3.05, 3.63) is 58.1 Å². The van der Waals surface area contributed by atoms with Crippen LogP contribution in [0.3, 0.4) is 0 Å². The molecule has 1 atom stereocenters. The van der Waals surface area contributed by atoms with Gasteiger partial charge in [-0.05, 0) is 24.6 Å². The first-order valence-electron chi connectivity index (χ1n) is 9.88. The van der Waals surface area contributed by atoms with Crippen molar-refractivity contribution in [2.75, 3.05) is 10.7 Å². The van der Waals surface area contributed by atoms with Gasteiger partial charge in [0.05, 0.1) is 10.7 Å². The minimum Gasteiger partial charge on any atom is -0.447 e. The lowest BCUT2D eigenvalue weighted by Gasteiger charge is -2.30. The maximum absolute atomic E-state index is 12.8. The third-order valence-electron chi connectivity index (χ3n) is 4.81. The molecule has 0 fully saturated rings. The molecule has 1 aliphatic rings. The number of benzene rings is 2. The van der Waals surface area contributed by atoms with Crippen LogP contribution in [0.5, 0.6) is 5.88 Å². The van der Waals surface area contributed by atoms with Gasteiger partial charge in [-0.25, -0.2) is 0 Å². The lowest BCUT2D eigenvalue weighted by Crippen LogP contribution is -2.36. The van der Waals surface area contributed by atoms with Gasteiger partial charge in [0.1, 0.15) is 0 Å². The van der Waals surface area contributed by atoms with Gasteiger partial charge in [0.15, 0.2) is 5.69 Å². The number of hydrogen-bond donors (Lipinski definition) is 0. The number of hydrogen-bond acceptors (Lipinski definition) is 6. The first-order chi connectivity index (χ1) is 15.0. The predicted octanol–water partition coefficient (Wildman–Crippen LogP) is 6.18. The Morgan fingerprint density at radius 2 is 2.00 bits per heavy atom. The van der Waals surface area contributed by atoms with Gasteiger partial charge in [-0.2, -0.15) is 4.98 Å². The number of ether oxygens (including phenoxy) is 1. The van der Waals surface area contributed by atoms with Crippen molar-refractivity contribution in [2.45, 2.75) is 38.1 Å². The van der Waals surface area contributed by atoms with Crippen LogP contribution in [0.1, 0.15) is 38.5 Å². The molecular formula is C22H20Cl2N4O2S. The maximum Gasteiger partial charge on any atom is 0.247 e. The third kappa shape index (κ3) is 4.49. The molecule has 4 rings (SSSR count). The second-order valence-corrected chi connectivity index (χ2v) is 8.90. The highest BCUT2D eigenvalue weighted by atomic mass is 35.5. The van der Waals surface area contributed by atoms with Gasteiger partial charge in [0.2, 0.25) is 23.2 Å². The number of carbonyl (C=O) groups is 1. The van der Waals surface area contributed by atoms with E-state index in [9.17, 15) is 4.79 Å². The zero-order chi connectivity index (χ0) is 22.0. The molecule has 3 aromatic rings. The Bertz CT molecular complexity index is 1130. The molecular weight excluding hydrogens is 455 g/mol. The molecule has 1 unspecified atom stereocenters. The minimum atomic E-state index is -0.838. The summed E-state index contributed by atoms with van der Waals surface area (Å²) in [6, 6.07) is 12.5. The summed E-state index contributed by atoms with van der Waals surface area (Å²) in [5, 5.41) is 10.1. The number of halogens is 2. The molecule has 1 amide bonds. The monoisotopic (exact) mass is 474 g/mol. The molecule has 1 aliphatic heterocycles. The van der Waals surface area contributed by atoms with Crippen LogP contribution in [0.15, 0.2) is 47.6 Å². The number of para-hydroxylation sites is 1. The van der Waals surface area contributed by atoms with Gasteiger partial charge in [0, 0.05) is 28.8 Å². The highest BCUT2D eigenvalue weighted by Gasteiger charge is 2.35. The Hall–Kier alpha value is -2.35. The fourth-order valence-electron chi connectivity index (χ4n) is 3.33. The zero-order valence-corrected chi connectivity index (χ0v) is 19.3. The highest BCUT2D eigenvalue weighted by Crippen LogP contribution is 2.44. The molecule has 9 heteroatoms. The average molecular weight is 475 g/mol. The summed E-state index contributed by atoms with van der Waals surface area (Å²) in [6.07, 6.45) is 1.30. The molecule has 1 aromatic heterocycles. The molecule has 0 N–H and O–H groups in total. The van der Waals surface area contributed by atoms with Gasteiger partial charge < -0.3 is 4.74 Å². The van der Waals surface area contributed by atoms with E-state index in [1.54, 1.807) is 23.1 Å². The molecule has 0 radical (unpaired) electrons. The topological polar surface area (TPSA) is 68.2 Å². The average Bonchev–Trinajstić information content (AvgIpc) is 2.88. The van der Waals surface area contributed by atoms with Crippen LogP contribution < -0.4 is 9.64 Å². The van der Waals surface area contributed by atoms with Crippen LogP contribution >= 0.6 is 35.0 Å². The van der Waals surface area contributed by atoms with Crippen LogP contribution in [0.2, 0.25) is 10.0 Å². The predicted molar refractivity (Wildman–Crippen MR) is 124 cm³/mol. The first kappa shape index (κ1) is 21.9. The SMILES string of the molecule is CCCCSc1nnc2c(n1)OC(c1ccc(Cl)cc1Cl)N(C(C)=O)c1ccccc1-2. The Morgan fingerprint density at radius 1 is 1.19 bits per heavy atom. The highest BCUT2D eigenvalue weighted by molar-refractivity contribution is 7.99. The van der Waals surface area contributed by atoms with Crippen LogP contribution in [0.25, 0.3) is 11.3 Å². The molecule has 0 spiro atoms. The largest absolute Gasteiger partial charge is 0.447 e. The van der Waals surface area contributed by atoms with Crippen molar-refractivity contribution < 1.29 is 9.53 Å². The summed E-state index contributed by atoms with van der Waals surface area (Å²) in [5.41, 5.74) is 2.44. The number of aromatic nitrogens is 3. The molecule has 0 saturated heterocycles. The van der Waals surface area contributed by atoms with Crippen molar-refractivity contribution in [2.24, 2.45) is 0 Å².